The number of nitrogens with zero attached hydrogens (tertiary/aromatic N) is 1. The molecule has 0 aliphatic heterocycles. The Kier molecular flexibility index (Phi) is 2.32. The summed E-state index contributed by atoms with van der Waals surface area (Å²) in [7, 11) is 0. The monoisotopic (exact) mass is 187 g/mol. The molecule has 1 aromatic carbocycles. The first kappa shape index (κ1) is 8.32. The van der Waals surface area contributed by atoms with E-state index in [4.69, 9.17) is 0 Å². The maximum atomic E-state index is 4.28. The van der Waals surface area contributed by atoms with Gasteiger partial charge in [0.15, 0.2) is 0 Å². The average Bonchev–Trinajstić information content (AvgIpc) is 2.19. The Labute approximate surface area is 82.9 Å². The fourth-order valence-corrected chi connectivity index (χ4v) is 1.42. The molecule has 2 aromatic rings. The third-order valence-electron chi connectivity index (χ3n) is 1.81. The van der Waals surface area contributed by atoms with Gasteiger partial charge in [0.1, 0.15) is 0 Å². The van der Waals surface area contributed by atoms with Crippen molar-refractivity contribution >= 4 is 12.6 Å². The van der Waals surface area contributed by atoms with Gasteiger partial charge < -0.3 is 0 Å². The Balaban J connectivity index is 2.48. The van der Waals surface area contributed by atoms with Gasteiger partial charge >= 0.3 is 0 Å². The van der Waals surface area contributed by atoms with E-state index in [1.807, 2.05) is 42.5 Å². The van der Waals surface area contributed by atoms with E-state index >= 15 is 0 Å². The lowest BCUT2D eigenvalue weighted by atomic mass is 10.1. The lowest BCUT2D eigenvalue weighted by Gasteiger charge is -1.99. The molecule has 0 N–H and O–H groups in total. The zero-order chi connectivity index (χ0) is 9.10. The van der Waals surface area contributed by atoms with Crippen LogP contribution in [0.25, 0.3) is 11.3 Å². The van der Waals surface area contributed by atoms with Gasteiger partial charge in [-0.25, -0.2) is 0 Å². The summed E-state index contributed by atoms with van der Waals surface area (Å²) in [6.45, 7) is 0. The Morgan fingerprint density at radius 1 is 1.00 bits per heavy atom. The largest absolute Gasteiger partial charge is 0.256 e. The first-order valence-corrected chi connectivity index (χ1v) is 4.51. The summed E-state index contributed by atoms with van der Waals surface area (Å²) in [5.74, 6) is 0. The first-order valence-electron chi connectivity index (χ1n) is 4.07. The van der Waals surface area contributed by atoms with Crippen molar-refractivity contribution in [1.29, 1.82) is 0 Å². The zero-order valence-corrected chi connectivity index (χ0v) is 7.91. The molecule has 0 amide bonds. The number of benzene rings is 1. The van der Waals surface area contributed by atoms with Gasteiger partial charge in [-0.15, -0.1) is 12.6 Å². The molecule has 0 aliphatic carbocycles. The Hall–Kier alpha value is -1.28. The number of hydrogen-bond donors (Lipinski definition) is 1. The van der Waals surface area contributed by atoms with Crippen molar-refractivity contribution in [3.05, 3.63) is 48.7 Å². The van der Waals surface area contributed by atoms with E-state index in [-0.39, 0.29) is 0 Å². The van der Waals surface area contributed by atoms with E-state index in [0.717, 1.165) is 16.2 Å². The molecule has 1 nitrogen and oxygen atoms in total. The van der Waals surface area contributed by atoms with E-state index in [2.05, 4.69) is 17.6 Å². The summed E-state index contributed by atoms with van der Waals surface area (Å²) in [4.78, 5) is 5.22. The Morgan fingerprint density at radius 2 is 1.92 bits per heavy atom. The standard InChI is InChI=1S/C11H9NS/c13-10-5-3-4-9(8-10)11-6-1-2-7-12-11/h1-8,13H. The van der Waals surface area contributed by atoms with Crippen molar-refractivity contribution in [3.63, 3.8) is 0 Å². The summed E-state index contributed by atoms with van der Waals surface area (Å²) >= 11 is 4.28. The molecule has 13 heavy (non-hydrogen) atoms. The van der Waals surface area contributed by atoms with E-state index in [0.29, 0.717) is 0 Å². The number of pyridine rings is 1. The van der Waals surface area contributed by atoms with Gasteiger partial charge in [-0.05, 0) is 24.3 Å². The third kappa shape index (κ3) is 1.90. The van der Waals surface area contributed by atoms with Gasteiger partial charge in [-0.1, -0.05) is 18.2 Å². The molecule has 1 heterocycles. The third-order valence-corrected chi connectivity index (χ3v) is 2.08. The van der Waals surface area contributed by atoms with Crippen LogP contribution in [0.1, 0.15) is 0 Å². The second-order valence-corrected chi connectivity index (χ2v) is 3.28. The highest BCUT2D eigenvalue weighted by molar-refractivity contribution is 7.80. The van der Waals surface area contributed by atoms with Crippen LogP contribution in [0.5, 0.6) is 0 Å². The molecule has 0 fully saturated rings. The topological polar surface area (TPSA) is 12.9 Å². The molecule has 1 aromatic heterocycles. The van der Waals surface area contributed by atoms with E-state index in [1.165, 1.54) is 0 Å². The molecule has 0 atom stereocenters. The maximum absolute atomic E-state index is 4.28. The smallest absolute Gasteiger partial charge is 0.0702 e. The van der Waals surface area contributed by atoms with Gasteiger partial charge in [-0.2, -0.15) is 0 Å². The molecule has 0 saturated heterocycles. The summed E-state index contributed by atoms with van der Waals surface area (Å²) < 4.78 is 0. The van der Waals surface area contributed by atoms with Crippen LogP contribution in [0, 0.1) is 0 Å². The molecule has 0 aliphatic rings. The van der Waals surface area contributed by atoms with Crippen LogP contribution in [-0.4, -0.2) is 4.98 Å². The maximum Gasteiger partial charge on any atom is 0.0702 e. The highest BCUT2D eigenvalue weighted by atomic mass is 32.1. The van der Waals surface area contributed by atoms with Crippen molar-refractivity contribution in [3.8, 4) is 11.3 Å². The van der Waals surface area contributed by atoms with Crippen molar-refractivity contribution < 1.29 is 0 Å². The Bertz CT molecular complexity index is 398. The number of hydrogen-bond acceptors (Lipinski definition) is 2. The number of rotatable bonds is 1. The highest BCUT2D eigenvalue weighted by Crippen LogP contribution is 2.18. The SMILES string of the molecule is Sc1cccc(-c2ccccn2)c1. The van der Waals surface area contributed by atoms with E-state index in [1.54, 1.807) is 6.20 Å². The molecule has 2 rings (SSSR count). The fraction of sp³-hybridized carbons (Fsp3) is 0. The molecular formula is C11H9NS. The highest BCUT2D eigenvalue weighted by Gasteiger charge is 1.96. The summed E-state index contributed by atoms with van der Waals surface area (Å²) in [5, 5.41) is 0. The first-order chi connectivity index (χ1) is 6.36. The fourth-order valence-electron chi connectivity index (χ4n) is 1.20. The quantitative estimate of drug-likeness (QED) is 0.677. The second kappa shape index (κ2) is 3.62. The van der Waals surface area contributed by atoms with Crippen molar-refractivity contribution in [1.82, 2.24) is 4.98 Å². The minimum atomic E-state index is 0.961. The molecule has 0 saturated carbocycles. The molecule has 2 heteroatoms. The van der Waals surface area contributed by atoms with Crippen LogP contribution < -0.4 is 0 Å². The Morgan fingerprint density at radius 3 is 2.62 bits per heavy atom. The van der Waals surface area contributed by atoms with Crippen molar-refractivity contribution in [2.24, 2.45) is 0 Å². The second-order valence-electron chi connectivity index (χ2n) is 2.77. The molecule has 64 valence electrons. The lowest BCUT2D eigenvalue weighted by Crippen LogP contribution is -1.80. The van der Waals surface area contributed by atoms with Crippen LogP contribution >= 0.6 is 12.6 Å². The average molecular weight is 187 g/mol. The van der Waals surface area contributed by atoms with Crippen molar-refractivity contribution in [2.75, 3.05) is 0 Å². The molecule has 0 unspecified atom stereocenters. The molecule has 0 radical (unpaired) electrons. The van der Waals surface area contributed by atoms with Crippen molar-refractivity contribution in [2.45, 2.75) is 4.90 Å². The summed E-state index contributed by atoms with van der Waals surface area (Å²) in [5.41, 5.74) is 2.09. The zero-order valence-electron chi connectivity index (χ0n) is 7.01. The van der Waals surface area contributed by atoms with Crippen LogP contribution in [0.3, 0.4) is 0 Å². The lowest BCUT2D eigenvalue weighted by molar-refractivity contribution is 1.31. The van der Waals surface area contributed by atoms with Gasteiger partial charge in [-0.3, -0.25) is 4.98 Å². The predicted molar refractivity (Wildman–Crippen MR) is 56.9 cm³/mol. The molecule has 0 bridgehead atoms. The minimum absolute atomic E-state index is 0.961. The predicted octanol–water partition coefficient (Wildman–Crippen LogP) is 3.04. The van der Waals surface area contributed by atoms with Crippen LogP contribution in [0.2, 0.25) is 0 Å². The normalized spacial score (nSPS) is 9.92. The van der Waals surface area contributed by atoms with Gasteiger partial charge in [0, 0.05) is 16.7 Å². The van der Waals surface area contributed by atoms with E-state index in [9.17, 15) is 0 Å². The van der Waals surface area contributed by atoms with Gasteiger partial charge in [0.2, 0.25) is 0 Å². The number of thiol groups is 1. The summed E-state index contributed by atoms with van der Waals surface area (Å²) in [6, 6.07) is 13.8. The van der Waals surface area contributed by atoms with Crippen LogP contribution in [0.15, 0.2) is 53.6 Å². The minimum Gasteiger partial charge on any atom is -0.256 e. The summed E-state index contributed by atoms with van der Waals surface area (Å²) in [6.07, 6.45) is 1.79. The van der Waals surface area contributed by atoms with E-state index < -0.39 is 0 Å². The number of aromatic nitrogens is 1. The van der Waals surface area contributed by atoms with Crippen LogP contribution in [0.4, 0.5) is 0 Å². The van der Waals surface area contributed by atoms with Crippen LogP contribution in [-0.2, 0) is 0 Å². The molecule has 0 spiro atoms. The van der Waals surface area contributed by atoms with Gasteiger partial charge in [0.25, 0.3) is 0 Å². The van der Waals surface area contributed by atoms with Gasteiger partial charge in [0.05, 0.1) is 5.69 Å². The molecular weight excluding hydrogens is 178 g/mol.